The fourth-order valence-electron chi connectivity index (χ4n) is 8.97. The molecule has 0 bridgehead atoms. The fraction of sp³-hybridized carbons (Fsp3) is 0.667. The lowest BCUT2D eigenvalue weighted by atomic mass is 9.63. The molecule has 8 heteroatoms. The van der Waals surface area contributed by atoms with Gasteiger partial charge < -0.3 is 29.9 Å². The number of carbonyl (C=O) groups excluding carboxylic acids is 2. The molecule has 0 amide bonds. The van der Waals surface area contributed by atoms with Gasteiger partial charge in [0.05, 0.1) is 12.8 Å². The number of carbonyl (C=O) groups is 2. The molecule has 0 saturated carbocycles. The monoisotopic (exact) mass is 688 g/mol. The lowest BCUT2D eigenvalue weighted by molar-refractivity contribution is -0.175. The molecule has 3 aliphatic rings. The average Bonchev–Trinajstić information content (AvgIpc) is 3.07. The van der Waals surface area contributed by atoms with Gasteiger partial charge in [-0.1, -0.05) is 116 Å². The molecule has 3 heterocycles. The number of rotatable bonds is 12. The zero-order valence-corrected chi connectivity index (χ0v) is 32.1. The maximum atomic E-state index is 13.3. The van der Waals surface area contributed by atoms with Crippen LogP contribution >= 0.6 is 0 Å². The number of piperidine rings is 2. The van der Waals surface area contributed by atoms with Crippen LogP contribution in [0.4, 0.5) is 0 Å². The van der Waals surface area contributed by atoms with Crippen molar-refractivity contribution in [3.8, 4) is 0 Å². The molecule has 0 radical (unpaired) electrons. The highest BCUT2D eigenvalue weighted by Crippen LogP contribution is 2.45. The van der Waals surface area contributed by atoms with E-state index in [-0.39, 0.29) is 57.9 Å². The minimum atomic E-state index is -0.219. The predicted molar refractivity (Wildman–Crippen MR) is 201 cm³/mol. The molecule has 276 valence electrons. The van der Waals surface area contributed by atoms with Crippen LogP contribution in [0.15, 0.2) is 60.7 Å². The van der Waals surface area contributed by atoms with Gasteiger partial charge >= 0.3 is 11.9 Å². The highest BCUT2D eigenvalue weighted by Gasteiger charge is 2.52. The Morgan fingerprint density at radius 2 is 0.940 bits per heavy atom. The van der Waals surface area contributed by atoms with Gasteiger partial charge in [-0.2, -0.15) is 0 Å². The number of piperazine rings is 1. The summed E-state index contributed by atoms with van der Waals surface area (Å²) >= 11 is 0. The molecule has 0 spiro atoms. The largest absolute Gasteiger partial charge is 0.461 e. The van der Waals surface area contributed by atoms with Gasteiger partial charge in [0, 0.05) is 86.1 Å². The Balaban J connectivity index is 1.05. The van der Waals surface area contributed by atoms with Crippen molar-refractivity contribution in [1.82, 2.24) is 20.4 Å². The molecule has 8 nitrogen and oxygen atoms in total. The average molecular weight is 689 g/mol. The van der Waals surface area contributed by atoms with Crippen LogP contribution in [-0.2, 0) is 31.9 Å². The fourth-order valence-corrected chi connectivity index (χ4v) is 8.97. The molecule has 5 rings (SSSR count). The summed E-state index contributed by atoms with van der Waals surface area (Å²) in [5.41, 5.74) is 1.82. The summed E-state index contributed by atoms with van der Waals surface area (Å²) in [5.74, 6) is -0.229. The van der Waals surface area contributed by atoms with Gasteiger partial charge in [-0.15, -0.1) is 0 Å². The maximum Gasteiger partial charge on any atom is 0.307 e. The van der Waals surface area contributed by atoms with E-state index >= 15 is 0 Å². The van der Waals surface area contributed by atoms with Crippen LogP contribution in [-0.4, -0.2) is 98.4 Å². The second-order valence-corrected chi connectivity index (χ2v) is 17.8. The summed E-state index contributed by atoms with van der Waals surface area (Å²) in [6, 6.07) is 21.5. The Hall–Kier alpha value is -2.78. The number of nitrogens with one attached hydrogen (secondary N) is 2. The van der Waals surface area contributed by atoms with Gasteiger partial charge in [0.15, 0.2) is 0 Å². The van der Waals surface area contributed by atoms with Crippen molar-refractivity contribution in [2.75, 3.05) is 52.4 Å². The molecule has 4 unspecified atom stereocenters. The number of hydrogen-bond donors (Lipinski definition) is 2. The Kier molecular flexibility index (Phi) is 12.2. The summed E-state index contributed by atoms with van der Waals surface area (Å²) in [7, 11) is 0. The minimum Gasteiger partial charge on any atom is -0.461 e. The van der Waals surface area contributed by atoms with E-state index in [0.29, 0.717) is 25.9 Å². The van der Waals surface area contributed by atoms with Crippen LogP contribution < -0.4 is 10.6 Å². The van der Waals surface area contributed by atoms with Gasteiger partial charge in [0.2, 0.25) is 0 Å². The third-order valence-electron chi connectivity index (χ3n) is 12.0. The number of esters is 2. The van der Waals surface area contributed by atoms with Gasteiger partial charge in [-0.05, 0) is 24.0 Å². The Bertz CT molecular complexity index is 1290. The summed E-state index contributed by atoms with van der Waals surface area (Å²) < 4.78 is 12.6. The van der Waals surface area contributed by atoms with E-state index in [9.17, 15) is 9.59 Å². The first-order valence-electron chi connectivity index (χ1n) is 19.0. The Labute approximate surface area is 302 Å². The van der Waals surface area contributed by atoms with Crippen molar-refractivity contribution in [2.45, 2.75) is 105 Å². The first-order valence-corrected chi connectivity index (χ1v) is 19.0. The number of ether oxygens (including phenoxy) is 2. The van der Waals surface area contributed by atoms with Crippen molar-refractivity contribution >= 4 is 11.9 Å². The van der Waals surface area contributed by atoms with Crippen LogP contribution in [0.1, 0.15) is 79.4 Å². The van der Waals surface area contributed by atoms with E-state index in [2.05, 4.69) is 124 Å². The zero-order chi connectivity index (χ0) is 36.2. The molecule has 50 heavy (non-hydrogen) atoms. The second kappa shape index (κ2) is 15.9. The molecule has 3 saturated heterocycles. The molecule has 0 aliphatic carbocycles. The van der Waals surface area contributed by atoms with E-state index in [1.54, 1.807) is 0 Å². The van der Waals surface area contributed by atoms with Gasteiger partial charge in [0.25, 0.3) is 0 Å². The second-order valence-electron chi connectivity index (χ2n) is 17.8. The summed E-state index contributed by atoms with van der Waals surface area (Å²) in [5, 5.41) is 7.52. The number of nitrogens with zero attached hydrogens (tertiary/aromatic N) is 2. The maximum absolute atomic E-state index is 13.3. The van der Waals surface area contributed by atoms with Crippen molar-refractivity contribution in [3.63, 3.8) is 0 Å². The van der Waals surface area contributed by atoms with Crippen molar-refractivity contribution in [3.05, 3.63) is 71.8 Å². The lowest BCUT2D eigenvalue weighted by Crippen LogP contribution is -2.64. The molecule has 0 aromatic heterocycles. The molecule has 2 aromatic carbocycles. The molecule has 3 fully saturated rings. The van der Waals surface area contributed by atoms with Crippen LogP contribution in [0.5, 0.6) is 0 Å². The number of hydrogen-bond acceptors (Lipinski definition) is 8. The molecule has 2 aromatic rings. The van der Waals surface area contributed by atoms with E-state index in [1.807, 2.05) is 12.1 Å². The molecular formula is C42H64N4O4. The highest BCUT2D eigenvalue weighted by atomic mass is 16.6. The molecule has 3 aliphatic heterocycles. The molecular weight excluding hydrogens is 624 g/mol. The van der Waals surface area contributed by atoms with Gasteiger partial charge in [-0.25, -0.2) is 0 Å². The van der Waals surface area contributed by atoms with Gasteiger partial charge in [-0.3, -0.25) is 9.59 Å². The summed E-state index contributed by atoms with van der Waals surface area (Å²) in [4.78, 5) is 31.2. The first-order chi connectivity index (χ1) is 23.6. The van der Waals surface area contributed by atoms with Crippen LogP contribution in [0, 0.1) is 21.7 Å². The van der Waals surface area contributed by atoms with E-state index in [0.717, 1.165) is 52.1 Å². The van der Waals surface area contributed by atoms with E-state index in [4.69, 9.17) is 9.47 Å². The Morgan fingerprint density at radius 3 is 1.28 bits per heavy atom. The van der Waals surface area contributed by atoms with Crippen molar-refractivity contribution < 1.29 is 19.1 Å². The minimum absolute atomic E-state index is 0.114. The quantitative estimate of drug-likeness (QED) is 0.274. The molecule has 4 atom stereocenters. The SMILES string of the molecule is CC1(C)CNC(Cc2ccccc2)C(C)(C)C1OC(=O)CCN1CCN(CCC(=O)OC2C(C)(C)CNC(Cc3ccccc3)C2(C)C)CC1. The lowest BCUT2D eigenvalue weighted by Gasteiger charge is -2.53. The third kappa shape index (κ3) is 9.36. The smallest absolute Gasteiger partial charge is 0.307 e. The summed E-state index contributed by atoms with van der Waals surface area (Å²) in [6.45, 7) is 24.2. The standard InChI is InChI=1S/C42H64N4O4/c1-39(2)29-43-33(27-31-15-11-9-12-16-31)41(5,6)37(39)49-35(47)19-21-45-23-25-46(26-24-45)22-20-36(48)50-38-40(3,4)30-44-34(42(38,7)8)28-32-17-13-10-14-18-32/h9-18,33-34,37-38,43-44H,19-30H2,1-8H3. The zero-order valence-electron chi connectivity index (χ0n) is 32.1. The Morgan fingerprint density at radius 1 is 0.600 bits per heavy atom. The predicted octanol–water partition coefficient (Wildman–Crippen LogP) is 5.74. The topological polar surface area (TPSA) is 83.1 Å². The number of benzene rings is 2. The highest BCUT2D eigenvalue weighted by molar-refractivity contribution is 5.70. The van der Waals surface area contributed by atoms with Gasteiger partial charge in [0.1, 0.15) is 12.2 Å². The third-order valence-corrected chi connectivity index (χ3v) is 12.0. The van der Waals surface area contributed by atoms with Crippen molar-refractivity contribution in [2.24, 2.45) is 21.7 Å². The van der Waals surface area contributed by atoms with E-state index in [1.165, 1.54) is 11.1 Å². The van der Waals surface area contributed by atoms with Crippen LogP contribution in [0.25, 0.3) is 0 Å². The summed E-state index contributed by atoms with van der Waals surface area (Å²) in [6.07, 6.45) is 2.24. The molecule has 2 N–H and O–H groups in total. The normalized spacial score (nSPS) is 27.7. The van der Waals surface area contributed by atoms with Crippen molar-refractivity contribution in [1.29, 1.82) is 0 Å². The van der Waals surface area contributed by atoms with Crippen LogP contribution in [0.3, 0.4) is 0 Å². The van der Waals surface area contributed by atoms with Crippen LogP contribution in [0.2, 0.25) is 0 Å². The first kappa shape index (κ1) is 38.5. The van der Waals surface area contributed by atoms with E-state index < -0.39 is 0 Å².